The molecular formula is C12H20N4O2. The van der Waals surface area contributed by atoms with E-state index in [1.54, 1.807) is 12.5 Å². The summed E-state index contributed by atoms with van der Waals surface area (Å²) in [6, 6.07) is 0. The van der Waals surface area contributed by atoms with Crippen molar-refractivity contribution in [2.75, 3.05) is 19.8 Å². The maximum absolute atomic E-state index is 12.1. The number of aromatic nitrogens is 2. The first-order valence-corrected chi connectivity index (χ1v) is 6.25. The first-order chi connectivity index (χ1) is 8.63. The second-order valence-electron chi connectivity index (χ2n) is 4.96. The van der Waals surface area contributed by atoms with E-state index in [0.717, 1.165) is 19.4 Å². The number of carbonyl (C=O) groups excluding carboxylic acids is 1. The molecule has 1 aromatic heterocycles. The summed E-state index contributed by atoms with van der Waals surface area (Å²) in [5, 5.41) is 3.00. The fourth-order valence-corrected chi connectivity index (χ4v) is 2.12. The van der Waals surface area contributed by atoms with Gasteiger partial charge in [0.05, 0.1) is 18.5 Å². The number of nitrogens with zero attached hydrogens (tertiary/aromatic N) is 2. The molecule has 2 heterocycles. The molecule has 0 spiro atoms. The van der Waals surface area contributed by atoms with Gasteiger partial charge in [-0.05, 0) is 19.8 Å². The second kappa shape index (κ2) is 5.49. The predicted molar refractivity (Wildman–Crippen MR) is 67.2 cm³/mol. The summed E-state index contributed by atoms with van der Waals surface area (Å²) in [4.78, 5) is 16.1. The third-order valence-electron chi connectivity index (χ3n) is 3.11. The third-order valence-corrected chi connectivity index (χ3v) is 3.11. The van der Waals surface area contributed by atoms with Crippen molar-refractivity contribution in [1.29, 1.82) is 0 Å². The zero-order valence-electron chi connectivity index (χ0n) is 10.7. The summed E-state index contributed by atoms with van der Waals surface area (Å²) < 4.78 is 7.22. The van der Waals surface area contributed by atoms with E-state index < -0.39 is 0 Å². The van der Waals surface area contributed by atoms with Crippen molar-refractivity contribution < 1.29 is 9.53 Å². The van der Waals surface area contributed by atoms with Crippen LogP contribution in [0, 0.1) is 0 Å². The number of nitrogens with two attached hydrogens (primary N) is 1. The van der Waals surface area contributed by atoms with Crippen LogP contribution in [0.4, 0.5) is 0 Å². The minimum absolute atomic E-state index is 0.154. The van der Waals surface area contributed by atoms with Crippen LogP contribution in [0.1, 0.15) is 30.3 Å². The highest BCUT2D eigenvalue weighted by atomic mass is 16.5. The van der Waals surface area contributed by atoms with E-state index in [2.05, 4.69) is 10.3 Å². The molecule has 0 aromatic carbocycles. The fraction of sp³-hybridized carbons (Fsp3) is 0.667. The Morgan fingerprint density at radius 1 is 1.72 bits per heavy atom. The van der Waals surface area contributed by atoms with E-state index in [9.17, 15) is 4.79 Å². The fourth-order valence-electron chi connectivity index (χ4n) is 2.12. The van der Waals surface area contributed by atoms with Crippen molar-refractivity contribution >= 4 is 5.91 Å². The van der Waals surface area contributed by atoms with Crippen molar-refractivity contribution in [3.63, 3.8) is 0 Å². The van der Waals surface area contributed by atoms with Gasteiger partial charge in [0, 0.05) is 25.9 Å². The summed E-state index contributed by atoms with van der Waals surface area (Å²) in [5.74, 6) is -0.154. The Morgan fingerprint density at radius 2 is 2.56 bits per heavy atom. The Morgan fingerprint density at radius 3 is 3.22 bits per heavy atom. The highest BCUT2D eigenvalue weighted by Gasteiger charge is 2.30. The number of amides is 1. The number of ether oxygens (including phenoxy) is 1. The maximum atomic E-state index is 12.1. The molecule has 0 radical (unpaired) electrons. The lowest BCUT2D eigenvalue weighted by Gasteiger charge is -2.34. The summed E-state index contributed by atoms with van der Waals surface area (Å²) in [5.41, 5.74) is 5.59. The smallest absolute Gasteiger partial charge is 0.271 e. The molecule has 18 heavy (non-hydrogen) atoms. The van der Waals surface area contributed by atoms with Crippen LogP contribution in [-0.2, 0) is 11.3 Å². The van der Waals surface area contributed by atoms with Gasteiger partial charge in [-0.2, -0.15) is 0 Å². The van der Waals surface area contributed by atoms with Gasteiger partial charge in [-0.1, -0.05) is 0 Å². The second-order valence-corrected chi connectivity index (χ2v) is 4.96. The molecule has 6 nitrogen and oxygen atoms in total. The molecule has 0 bridgehead atoms. The number of imidazole rings is 1. The van der Waals surface area contributed by atoms with Gasteiger partial charge >= 0.3 is 0 Å². The third kappa shape index (κ3) is 3.08. The number of carbonyl (C=O) groups is 1. The van der Waals surface area contributed by atoms with E-state index in [1.807, 2.05) is 11.5 Å². The molecule has 1 aliphatic rings. The molecule has 3 N–H and O–H groups in total. The molecule has 2 rings (SSSR count). The van der Waals surface area contributed by atoms with Crippen LogP contribution < -0.4 is 11.1 Å². The molecule has 6 heteroatoms. The molecule has 0 aliphatic carbocycles. The first kappa shape index (κ1) is 13.0. The standard InChI is InChI=1S/C12H20N4O2/c1-12(3-2-6-18-8-12)15-11(17)10-7-16(5-4-13)9-14-10/h7,9H,2-6,8,13H2,1H3,(H,15,17). The van der Waals surface area contributed by atoms with E-state index in [4.69, 9.17) is 10.5 Å². The Kier molecular flexibility index (Phi) is 3.98. The van der Waals surface area contributed by atoms with Crippen LogP contribution >= 0.6 is 0 Å². The molecule has 1 fully saturated rings. The monoisotopic (exact) mass is 252 g/mol. The van der Waals surface area contributed by atoms with Crippen molar-refractivity contribution in [3.05, 3.63) is 18.2 Å². The summed E-state index contributed by atoms with van der Waals surface area (Å²) in [6.45, 7) is 4.53. The van der Waals surface area contributed by atoms with Crippen LogP contribution in [0.2, 0.25) is 0 Å². The van der Waals surface area contributed by atoms with Gasteiger partial charge in [0.2, 0.25) is 0 Å². The zero-order valence-corrected chi connectivity index (χ0v) is 10.7. The number of hydrogen-bond acceptors (Lipinski definition) is 4. The average Bonchev–Trinajstić information content (AvgIpc) is 2.78. The normalized spacial score (nSPS) is 23.9. The number of nitrogens with one attached hydrogen (secondary N) is 1. The van der Waals surface area contributed by atoms with Gasteiger partial charge in [0.15, 0.2) is 0 Å². The molecule has 1 unspecified atom stereocenters. The SMILES string of the molecule is CC1(NC(=O)c2cn(CCN)cn2)CCCOC1. The van der Waals surface area contributed by atoms with E-state index in [1.165, 1.54) is 0 Å². The first-order valence-electron chi connectivity index (χ1n) is 6.25. The van der Waals surface area contributed by atoms with Gasteiger partial charge < -0.3 is 20.4 Å². The Hall–Kier alpha value is -1.40. The lowest BCUT2D eigenvalue weighted by atomic mass is 9.95. The average molecular weight is 252 g/mol. The molecule has 1 aromatic rings. The van der Waals surface area contributed by atoms with Gasteiger partial charge in [-0.3, -0.25) is 4.79 Å². The van der Waals surface area contributed by atoms with Crippen molar-refractivity contribution in [3.8, 4) is 0 Å². The minimum Gasteiger partial charge on any atom is -0.379 e. The van der Waals surface area contributed by atoms with Crippen molar-refractivity contribution in [1.82, 2.24) is 14.9 Å². The van der Waals surface area contributed by atoms with E-state index in [-0.39, 0.29) is 11.4 Å². The van der Waals surface area contributed by atoms with Gasteiger partial charge in [-0.25, -0.2) is 4.98 Å². The molecule has 0 saturated carbocycles. The molecule has 1 amide bonds. The highest BCUT2D eigenvalue weighted by Crippen LogP contribution is 2.18. The van der Waals surface area contributed by atoms with Gasteiger partial charge in [-0.15, -0.1) is 0 Å². The van der Waals surface area contributed by atoms with Crippen LogP contribution in [-0.4, -0.2) is 40.8 Å². The van der Waals surface area contributed by atoms with Crippen molar-refractivity contribution in [2.45, 2.75) is 31.8 Å². The highest BCUT2D eigenvalue weighted by molar-refractivity contribution is 5.92. The molecule has 100 valence electrons. The lowest BCUT2D eigenvalue weighted by molar-refractivity contribution is 0.0271. The zero-order chi connectivity index (χ0) is 13.0. The predicted octanol–water partition coefficient (Wildman–Crippen LogP) is 0.141. The van der Waals surface area contributed by atoms with Crippen LogP contribution in [0.3, 0.4) is 0 Å². The Balaban J connectivity index is 1.97. The molecule has 1 atom stereocenters. The van der Waals surface area contributed by atoms with Crippen LogP contribution in [0.15, 0.2) is 12.5 Å². The maximum Gasteiger partial charge on any atom is 0.271 e. The van der Waals surface area contributed by atoms with E-state index in [0.29, 0.717) is 25.4 Å². The quantitative estimate of drug-likeness (QED) is 0.798. The summed E-state index contributed by atoms with van der Waals surface area (Å²) in [7, 11) is 0. The van der Waals surface area contributed by atoms with Crippen LogP contribution in [0.25, 0.3) is 0 Å². The van der Waals surface area contributed by atoms with E-state index >= 15 is 0 Å². The molecular weight excluding hydrogens is 232 g/mol. The van der Waals surface area contributed by atoms with Crippen molar-refractivity contribution in [2.24, 2.45) is 5.73 Å². The van der Waals surface area contributed by atoms with Crippen LogP contribution in [0.5, 0.6) is 0 Å². The summed E-state index contributed by atoms with van der Waals surface area (Å²) in [6.07, 6.45) is 5.25. The lowest BCUT2D eigenvalue weighted by Crippen LogP contribution is -2.51. The van der Waals surface area contributed by atoms with Gasteiger partial charge in [0.25, 0.3) is 5.91 Å². The minimum atomic E-state index is -0.285. The number of rotatable bonds is 4. The Labute approximate surface area is 107 Å². The number of hydrogen-bond donors (Lipinski definition) is 2. The molecule has 1 saturated heterocycles. The van der Waals surface area contributed by atoms with Gasteiger partial charge in [0.1, 0.15) is 5.69 Å². The largest absolute Gasteiger partial charge is 0.379 e. The molecule has 1 aliphatic heterocycles. The topological polar surface area (TPSA) is 82.2 Å². The Bertz CT molecular complexity index is 410. The summed E-state index contributed by atoms with van der Waals surface area (Å²) >= 11 is 0.